The molecule has 4 saturated carbocycles. The topological polar surface area (TPSA) is 26.0 Å². The van der Waals surface area contributed by atoms with Gasteiger partial charge in [0.2, 0.25) is 0 Å². The molecule has 1 nitrogen and oxygen atoms in total. The summed E-state index contributed by atoms with van der Waals surface area (Å²) in [4.78, 5) is 1.45. The standard InChI is InChI=1S/C17H24BrNS/c1-16-5-11-2-12(6-16)8-17(7-11,10-16)15(19)4-14-3-13(18)9-20-14/h3,9,11-12,15H,2,4-8,10,19H2,1H3. The molecule has 3 unspecified atom stereocenters. The molecule has 110 valence electrons. The van der Waals surface area contributed by atoms with Crippen molar-refractivity contribution < 1.29 is 0 Å². The Morgan fingerprint density at radius 2 is 2.05 bits per heavy atom. The summed E-state index contributed by atoms with van der Waals surface area (Å²) in [5.41, 5.74) is 7.83. The third kappa shape index (κ3) is 2.21. The Balaban J connectivity index is 1.57. The first-order chi connectivity index (χ1) is 9.46. The molecule has 0 spiro atoms. The molecular weight excluding hydrogens is 330 g/mol. The van der Waals surface area contributed by atoms with Crippen molar-refractivity contribution >= 4 is 27.3 Å². The van der Waals surface area contributed by atoms with E-state index in [2.05, 4.69) is 34.3 Å². The maximum Gasteiger partial charge on any atom is 0.0285 e. The van der Waals surface area contributed by atoms with Gasteiger partial charge in [-0.3, -0.25) is 0 Å². The van der Waals surface area contributed by atoms with Gasteiger partial charge in [0.05, 0.1) is 0 Å². The number of halogens is 1. The van der Waals surface area contributed by atoms with Gasteiger partial charge >= 0.3 is 0 Å². The molecule has 0 amide bonds. The zero-order valence-corrected chi connectivity index (χ0v) is 14.6. The van der Waals surface area contributed by atoms with Crippen LogP contribution in [-0.4, -0.2) is 6.04 Å². The molecule has 1 heterocycles. The molecule has 1 aromatic heterocycles. The Kier molecular flexibility index (Phi) is 3.15. The molecule has 0 saturated heterocycles. The van der Waals surface area contributed by atoms with Crippen LogP contribution in [0.2, 0.25) is 0 Å². The minimum absolute atomic E-state index is 0.360. The minimum atomic E-state index is 0.360. The van der Waals surface area contributed by atoms with Gasteiger partial charge in [-0.25, -0.2) is 0 Å². The van der Waals surface area contributed by atoms with E-state index in [1.54, 1.807) is 0 Å². The molecule has 20 heavy (non-hydrogen) atoms. The number of thiophene rings is 1. The molecule has 4 bridgehead atoms. The summed E-state index contributed by atoms with van der Waals surface area (Å²) in [5.74, 6) is 1.95. The molecule has 0 aliphatic heterocycles. The number of rotatable bonds is 3. The first-order valence-electron chi connectivity index (χ1n) is 7.95. The van der Waals surface area contributed by atoms with Gasteiger partial charge < -0.3 is 5.73 Å². The Morgan fingerprint density at radius 3 is 2.60 bits per heavy atom. The van der Waals surface area contributed by atoms with Crippen LogP contribution < -0.4 is 5.73 Å². The van der Waals surface area contributed by atoms with E-state index in [-0.39, 0.29) is 0 Å². The molecule has 2 N–H and O–H groups in total. The fourth-order valence-corrected chi connectivity index (χ4v) is 7.64. The lowest BCUT2D eigenvalue weighted by atomic mass is 9.43. The lowest BCUT2D eigenvalue weighted by Crippen LogP contribution is -2.58. The van der Waals surface area contributed by atoms with Gasteiger partial charge in [0.15, 0.2) is 0 Å². The molecule has 3 heteroatoms. The van der Waals surface area contributed by atoms with Gasteiger partial charge in [0.1, 0.15) is 0 Å². The molecular formula is C17H24BrNS. The summed E-state index contributed by atoms with van der Waals surface area (Å²) in [6.07, 6.45) is 9.73. The SMILES string of the molecule is CC12CC3CC(C1)CC(C(N)Cc1cc(Br)cs1)(C3)C2. The molecule has 0 aromatic carbocycles. The van der Waals surface area contributed by atoms with Crippen molar-refractivity contribution in [1.82, 2.24) is 0 Å². The second kappa shape index (κ2) is 4.57. The molecule has 4 aliphatic carbocycles. The number of hydrogen-bond donors (Lipinski definition) is 1. The van der Waals surface area contributed by atoms with Crippen LogP contribution in [0.3, 0.4) is 0 Å². The first kappa shape index (κ1) is 13.8. The van der Waals surface area contributed by atoms with E-state index in [0.717, 1.165) is 18.3 Å². The fourth-order valence-electron chi connectivity index (χ4n) is 6.13. The maximum absolute atomic E-state index is 6.76. The molecule has 4 fully saturated rings. The van der Waals surface area contributed by atoms with Crippen LogP contribution in [0.4, 0.5) is 0 Å². The molecule has 4 aliphatic rings. The van der Waals surface area contributed by atoms with Gasteiger partial charge in [-0.2, -0.15) is 0 Å². The highest BCUT2D eigenvalue weighted by Crippen LogP contribution is 2.66. The van der Waals surface area contributed by atoms with Gasteiger partial charge in [0.25, 0.3) is 0 Å². The lowest BCUT2D eigenvalue weighted by molar-refractivity contribution is -0.112. The smallest absolute Gasteiger partial charge is 0.0285 e. The third-order valence-corrected chi connectivity index (χ3v) is 7.95. The van der Waals surface area contributed by atoms with Crippen molar-refractivity contribution in [2.45, 2.75) is 57.9 Å². The number of hydrogen-bond acceptors (Lipinski definition) is 2. The first-order valence-corrected chi connectivity index (χ1v) is 9.62. The largest absolute Gasteiger partial charge is 0.327 e. The highest BCUT2D eigenvalue weighted by Gasteiger charge is 2.57. The summed E-state index contributed by atoms with van der Waals surface area (Å²) in [6, 6.07) is 2.62. The molecule has 3 atom stereocenters. The lowest BCUT2D eigenvalue weighted by Gasteiger charge is -2.63. The minimum Gasteiger partial charge on any atom is -0.327 e. The van der Waals surface area contributed by atoms with Crippen molar-refractivity contribution in [3.63, 3.8) is 0 Å². The summed E-state index contributed by atoms with van der Waals surface area (Å²) >= 11 is 5.42. The van der Waals surface area contributed by atoms with Crippen LogP contribution in [-0.2, 0) is 6.42 Å². The Morgan fingerprint density at radius 1 is 1.35 bits per heavy atom. The summed E-state index contributed by atoms with van der Waals surface area (Å²) in [5, 5.41) is 2.18. The molecule has 5 rings (SSSR count). The van der Waals surface area contributed by atoms with Gasteiger partial charge in [-0.15, -0.1) is 11.3 Å². The second-order valence-corrected chi connectivity index (χ2v) is 10.1. The normalized spacial score (nSPS) is 44.0. The Bertz CT molecular complexity index is 509. The van der Waals surface area contributed by atoms with Crippen LogP contribution in [0.25, 0.3) is 0 Å². The van der Waals surface area contributed by atoms with Crippen LogP contribution in [0.5, 0.6) is 0 Å². The van der Waals surface area contributed by atoms with Gasteiger partial charge in [-0.1, -0.05) is 6.92 Å². The van der Waals surface area contributed by atoms with E-state index in [1.165, 1.54) is 47.9 Å². The van der Waals surface area contributed by atoms with Crippen LogP contribution in [0.1, 0.15) is 50.3 Å². The van der Waals surface area contributed by atoms with Gasteiger partial charge in [-0.05, 0) is 89.6 Å². The second-order valence-electron chi connectivity index (χ2n) is 8.18. The zero-order chi connectivity index (χ0) is 14.0. The predicted molar refractivity (Wildman–Crippen MR) is 88.9 cm³/mol. The summed E-state index contributed by atoms with van der Waals surface area (Å²) in [7, 11) is 0. The van der Waals surface area contributed by atoms with Crippen molar-refractivity contribution in [2.24, 2.45) is 28.4 Å². The average molecular weight is 354 g/mol. The third-order valence-electron chi connectivity index (χ3n) is 6.23. The molecule has 0 radical (unpaired) electrons. The predicted octanol–water partition coefficient (Wildman–Crippen LogP) is 4.99. The van der Waals surface area contributed by atoms with E-state index < -0.39 is 0 Å². The maximum atomic E-state index is 6.76. The van der Waals surface area contributed by atoms with E-state index in [4.69, 9.17) is 5.73 Å². The van der Waals surface area contributed by atoms with Crippen molar-refractivity contribution in [1.29, 1.82) is 0 Å². The van der Waals surface area contributed by atoms with Crippen molar-refractivity contribution in [3.05, 3.63) is 20.8 Å². The highest BCUT2D eigenvalue weighted by molar-refractivity contribution is 9.10. The Labute approximate surface area is 134 Å². The van der Waals surface area contributed by atoms with E-state index in [9.17, 15) is 0 Å². The van der Waals surface area contributed by atoms with Crippen LogP contribution in [0.15, 0.2) is 15.9 Å². The van der Waals surface area contributed by atoms with Crippen LogP contribution >= 0.6 is 27.3 Å². The van der Waals surface area contributed by atoms with Gasteiger partial charge in [0, 0.05) is 20.8 Å². The molecule has 1 aromatic rings. The zero-order valence-electron chi connectivity index (χ0n) is 12.2. The monoisotopic (exact) mass is 353 g/mol. The fraction of sp³-hybridized carbons (Fsp3) is 0.765. The number of nitrogens with two attached hydrogens (primary N) is 1. The highest BCUT2D eigenvalue weighted by atomic mass is 79.9. The summed E-state index contributed by atoms with van der Waals surface area (Å²) < 4.78 is 1.21. The van der Waals surface area contributed by atoms with Crippen molar-refractivity contribution in [2.75, 3.05) is 0 Å². The van der Waals surface area contributed by atoms with E-state index in [1.807, 2.05) is 11.3 Å². The van der Waals surface area contributed by atoms with Crippen LogP contribution in [0, 0.1) is 22.7 Å². The average Bonchev–Trinajstić information content (AvgIpc) is 2.71. The van der Waals surface area contributed by atoms with E-state index in [0.29, 0.717) is 16.9 Å². The van der Waals surface area contributed by atoms with E-state index >= 15 is 0 Å². The quantitative estimate of drug-likeness (QED) is 0.813. The summed E-state index contributed by atoms with van der Waals surface area (Å²) in [6.45, 7) is 2.54. The Hall–Kier alpha value is 0.140. The van der Waals surface area contributed by atoms with Crippen molar-refractivity contribution in [3.8, 4) is 0 Å².